The van der Waals surface area contributed by atoms with E-state index in [0.29, 0.717) is 24.4 Å². The number of benzene rings is 1. The Kier molecular flexibility index (Phi) is 6.61. The summed E-state index contributed by atoms with van der Waals surface area (Å²) in [4.78, 5) is 50.0. The maximum atomic E-state index is 12.6. The molecule has 0 bridgehead atoms. The van der Waals surface area contributed by atoms with Crippen molar-refractivity contribution in [2.75, 3.05) is 18.5 Å². The third kappa shape index (κ3) is 4.63. The maximum absolute atomic E-state index is 12.6. The molecule has 1 aliphatic rings. The summed E-state index contributed by atoms with van der Waals surface area (Å²) >= 11 is 0. The van der Waals surface area contributed by atoms with Crippen LogP contribution in [0.25, 0.3) is 5.69 Å². The molecule has 0 atom stereocenters. The van der Waals surface area contributed by atoms with Crippen LogP contribution in [0.4, 0.5) is 10.6 Å². The van der Waals surface area contributed by atoms with Gasteiger partial charge in [-0.25, -0.2) is 9.48 Å². The van der Waals surface area contributed by atoms with Gasteiger partial charge in [0.1, 0.15) is 17.9 Å². The number of nitrogens with one attached hydrogen (secondary N) is 2. The zero-order valence-corrected chi connectivity index (χ0v) is 18.6. The van der Waals surface area contributed by atoms with Gasteiger partial charge in [-0.3, -0.25) is 19.3 Å². The minimum absolute atomic E-state index is 0.413. The van der Waals surface area contributed by atoms with Gasteiger partial charge in [0.25, 0.3) is 11.8 Å². The molecule has 0 aliphatic carbocycles. The number of aryl methyl sites for hydroxylation is 2. The van der Waals surface area contributed by atoms with E-state index in [9.17, 15) is 19.2 Å². The van der Waals surface area contributed by atoms with Crippen molar-refractivity contribution in [3.63, 3.8) is 0 Å². The summed E-state index contributed by atoms with van der Waals surface area (Å²) in [6, 6.07) is 8.67. The zero-order valence-electron chi connectivity index (χ0n) is 18.6. The second-order valence-electron chi connectivity index (χ2n) is 7.74. The molecule has 0 radical (unpaired) electrons. The molecule has 32 heavy (non-hydrogen) atoms. The summed E-state index contributed by atoms with van der Waals surface area (Å²) in [5.74, 6) is -1.46. The van der Waals surface area contributed by atoms with E-state index in [2.05, 4.69) is 15.7 Å². The minimum atomic E-state index is -0.999. The fraction of sp³-hybridized carbons (Fsp3) is 0.409. The Balaban J connectivity index is 1.58. The van der Waals surface area contributed by atoms with Gasteiger partial charge in [0.15, 0.2) is 6.61 Å². The number of anilines is 1. The first-order valence-corrected chi connectivity index (χ1v) is 10.4. The van der Waals surface area contributed by atoms with Gasteiger partial charge in [-0.2, -0.15) is 5.10 Å². The average molecular weight is 441 g/mol. The molecule has 1 aliphatic heterocycles. The van der Waals surface area contributed by atoms with Gasteiger partial charge in [0.05, 0.1) is 11.4 Å². The van der Waals surface area contributed by atoms with Gasteiger partial charge in [-0.1, -0.05) is 31.5 Å². The van der Waals surface area contributed by atoms with Crippen LogP contribution in [0, 0.1) is 13.8 Å². The fourth-order valence-electron chi connectivity index (χ4n) is 3.52. The van der Waals surface area contributed by atoms with Crippen LogP contribution in [0.2, 0.25) is 0 Å². The number of ether oxygens (including phenoxy) is 1. The molecule has 2 N–H and O–H groups in total. The highest BCUT2D eigenvalue weighted by Gasteiger charge is 2.49. The summed E-state index contributed by atoms with van der Waals surface area (Å²) in [6.45, 7) is 6.23. The molecule has 10 nitrogen and oxygen atoms in total. The molecular weight excluding hydrogens is 414 g/mol. The SMILES string of the molecule is CCC1(CC)NC(=O)N(CC(=O)OCC(=O)Nc2cc(C)nn2-c2ccc(C)cc2)C1=O. The Morgan fingerprint density at radius 2 is 1.78 bits per heavy atom. The van der Waals surface area contributed by atoms with Crippen LogP contribution in [0.3, 0.4) is 0 Å². The van der Waals surface area contributed by atoms with Crippen LogP contribution >= 0.6 is 0 Å². The summed E-state index contributed by atoms with van der Waals surface area (Å²) in [5, 5.41) is 9.68. The summed E-state index contributed by atoms with van der Waals surface area (Å²) in [6.07, 6.45) is 0.826. The number of aromatic nitrogens is 2. The second-order valence-corrected chi connectivity index (χ2v) is 7.74. The summed E-state index contributed by atoms with van der Waals surface area (Å²) in [5.41, 5.74) is 1.56. The van der Waals surface area contributed by atoms with Crippen molar-refractivity contribution in [1.29, 1.82) is 0 Å². The Bertz CT molecular complexity index is 1040. The predicted molar refractivity (Wildman–Crippen MR) is 116 cm³/mol. The molecule has 3 rings (SSSR count). The first-order chi connectivity index (χ1) is 15.2. The second kappa shape index (κ2) is 9.21. The van der Waals surface area contributed by atoms with E-state index < -0.39 is 42.5 Å². The van der Waals surface area contributed by atoms with E-state index in [0.717, 1.165) is 16.2 Å². The first-order valence-electron chi connectivity index (χ1n) is 10.4. The molecule has 1 fully saturated rings. The van der Waals surface area contributed by atoms with Gasteiger partial charge < -0.3 is 15.4 Å². The number of esters is 1. The van der Waals surface area contributed by atoms with Crippen molar-refractivity contribution < 1.29 is 23.9 Å². The smallest absolute Gasteiger partial charge is 0.326 e. The molecule has 0 saturated carbocycles. The van der Waals surface area contributed by atoms with Gasteiger partial charge in [-0.05, 0) is 38.8 Å². The van der Waals surface area contributed by atoms with Crippen molar-refractivity contribution in [2.45, 2.75) is 46.1 Å². The zero-order chi connectivity index (χ0) is 23.5. The molecule has 170 valence electrons. The Morgan fingerprint density at radius 3 is 2.38 bits per heavy atom. The predicted octanol–water partition coefficient (Wildman–Crippen LogP) is 2.08. The van der Waals surface area contributed by atoms with Crippen LogP contribution < -0.4 is 10.6 Å². The average Bonchev–Trinajstić information content (AvgIpc) is 3.24. The van der Waals surface area contributed by atoms with Crippen molar-refractivity contribution in [3.05, 3.63) is 41.6 Å². The summed E-state index contributed by atoms with van der Waals surface area (Å²) in [7, 11) is 0. The topological polar surface area (TPSA) is 123 Å². The van der Waals surface area contributed by atoms with Crippen LogP contribution in [-0.2, 0) is 19.1 Å². The lowest BCUT2D eigenvalue weighted by Gasteiger charge is -2.22. The molecule has 1 saturated heterocycles. The highest BCUT2D eigenvalue weighted by Crippen LogP contribution is 2.24. The number of hydrogen-bond acceptors (Lipinski definition) is 6. The van der Waals surface area contributed by atoms with E-state index in [4.69, 9.17) is 4.74 Å². The van der Waals surface area contributed by atoms with Gasteiger partial charge in [-0.15, -0.1) is 0 Å². The quantitative estimate of drug-likeness (QED) is 0.478. The normalized spacial score (nSPS) is 14.9. The minimum Gasteiger partial charge on any atom is -0.454 e. The lowest BCUT2D eigenvalue weighted by molar-refractivity contribution is -0.150. The number of rotatable bonds is 8. The molecule has 1 aromatic heterocycles. The largest absolute Gasteiger partial charge is 0.454 e. The number of carbonyl (C=O) groups is 4. The number of hydrogen-bond donors (Lipinski definition) is 2. The van der Waals surface area contributed by atoms with Crippen LogP contribution in [0.1, 0.15) is 37.9 Å². The van der Waals surface area contributed by atoms with Crippen LogP contribution in [0.15, 0.2) is 30.3 Å². The standard InChI is InChI=1S/C22H27N5O5/c1-5-22(6-2)20(30)26(21(31)24-22)12-19(29)32-13-18(28)23-17-11-15(4)25-27(17)16-9-7-14(3)8-10-16/h7-11H,5-6,12-13H2,1-4H3,(H,23,28)(H,24,31). The monoisotopic (exact) mass is 441 g/mol. The van der Waals surface area contributed by atoms with Crippen molar-refractivity contribution in [2.24, 2.45) is 0 Å². The molecule has 0 spiro atoms. The molecule has 10 heteroatoms. The molecule has 0 unspecified atom stereocenters. The first kappa shape index (κ1) is 23.0. The lowest BCUT2D eigenvalue weighted by Crippen LogP contribution is -2.46. The van der Waals surface area contributed by atoms with E-state index in [1.54, 1.807) is 31.5 Å². The van der Waals surface area contributed by atoms with Crippen LogP contribution in [0.5, 0.6) is 0 Å². The van der Waals surface area contributed by atoms with E-state index >= 15 is 0 Å². The third-order valence-corrected chi connectivity index (χ3v) is 5.48. The van der Waals surface area contributed by atoms with E-state index in [1.165, 1.54) is 0 Å². The number of carbonyl (C=O) groups excluding carboxylic acids is 4. The van der Waals surface area contributed by atoms with Crippen molar-refractivity contribution in [1.82, 2.24) is 20.0 Å². The Morgan fingerprint density at radius 1 is 1.12 bits per heavy atom. The highest BCUT2D eigenvalue weighted by molar-refractivity contribution is 6.08. The molecular formula is C22H27N5O5. The number of urea groups is 1. The number of imide groups is 1. The number of nitrogens with zero attached hydrogens (tertiary/aromatic N) is 3. The van der Waals surface area contributed by atoms with Crippen LogP contribution in [-0.4, -0.2) is 57.2 Å². The molecule has 2 heterocycles. The van der Waals surface area contributed by atoms with Crippen molar-refractivity contribution >= 4 is 29.6 Å². The molecule has 4 amide bonds. The third-order valence-electron chi connectivity index (χ3n) is 5.48. The summed E-state index contributed by atoms with van der Waals surface area (Å²) < 4.78 is 6.56. The lowest BCUT2D eigenvalue weighted by atomic mass is 9.93. The van der Waals surface area contributed by atoms with Gasteiger partial charge in [0.2, 0.25) is 0 Å². The fourth-order valence-corrected chi connectivity index (χ4v) is 3.52. The Labute approximate surface area is 185 Å². The highest BCUT2D eigenvalue weighted by atomic mass is 16.5. The van der Waals surface area contributed by atoms with E-state index in [-0.39, 0.29) is 0 Å². The van der Waals surface area contributed by atoms with Crippen molar-refractivity contribution in [3.8, 4) is 5.69 Å². The number of amides is 4. The molecule has 2 aromatic rings. The van der Waals surface area contributed by atoms with E-state index in [1.807, 2.05) is 31.2 Å². The molecule has 1 aromatic carbocycles. The van der Waals surface area contributed by atoms with Gasteiger partial charge in [0, 0.05) is 6.07 Å². The van der Waals surface area contributed by atoms with Gasteiger partial charge >= 0.3 is 12.0 Å². The maximum Gasteiger partial charge on any atom is 0.326 e. The Hall–Kier alpha value is -3.69.